The Balaban J connectivity index is -0.0000000267. The van der Waals surface area contributed by atoms with Gasteiger partial charge < -0.3 is 12.4 Å². The molecule has 0 aromatic rings. The second-order valence-electron chi connectivity index (χ2n) is 0.470. The molecule has 6 heavy (non-hydrogen) atoms. The molecule has 0 unspecified atom stereocenters. The molecule has 0 saturated heterocycles. The minimum atomic E-state index is -1.18. The minimum absolute atomic E-state index is 0. The van der Waals surface area contributed by atoms with Crippen LogP contribution in [-0.2, 0) is 4.43 Å². The van der Waals surface area contributed by atoms with E-state index in [1.807, 2.05) is 0 Å². The van der Waals surface area contributed by atoms with E-state index in [-0.39, 0.29) is 62.2 Å². The Kier molecular flexibility index (Phi) is 10.2. The van der Waals surface area contributed by atoms with Gasteiger partial charge in [0.15, 0.2) is 0 Å². The van der Waals surface area contributed by atoms with E-state index in [4.69, 9.17) is 5.11 Å². The molecule has 5 heteroatoms. The molecule has 0 heterocycles. The van der Waals surface area contributed by atoms with Gasteiger partial charge in [-0.15, -0.1) is 0 Å². The van der Waals surface area contributed by atoms with E-state index in [1.54, 1.807) is 0 Å². The maximum absolute atomic E-state index is 9.18. The van der Waals surface area contributed by atoms with E-state index in [0.717, 1.165) is 0 Å². The van der Waals surface area contributed by atoms with Crippen LogP contribution in [-0.4, -0.2) is 70.6 Å². The maximum Gasteiger partial charge on any atom is 2.00 e. The fourth-order valence-corrected chi connectivity index (χ4v) is 0. The number of rotatable bonds is 0. The van der Waals surface area contributed by atoms with Crippen molar-refractivity contribution in [2.75, 3.05) is 0 Å². The van der Waals surface area contributed by atoms with Crippen molar-refractivity contribution in [1.29, 1.82) is 0 Å². The quantitative estimate of drug-likeness (QED) is 0.533. The Hall–Kier alpha value is 1.06. The van der Waals surface area contributed by atoms with Crippen molar-refractivity contribution >= 4 is 65.5 Å². The summed E-state index contributed by atoms with van der Waals surface area (Å²) in [6.45, 7) is 0. The molecular weight excluding hydrogens is 225 g/mol. The third kappa shape index (κ3) is 8.91. The van der Waals surface area contributed by atoms with Crippen LogP contribution >= 0.6 is 0 Å². The number of hydrogen-bond donors (Lipinski definition) is 1. The Morgan fingerprint density at radius 3 is 2.17 bits per heavy atom. The summed E-state index contributed by atoms with van der Waals surface area (Å²) in [4.78, 5) is 9.18. The Labute approximate surface area is 81.6 Å². The van der Waals surface area contributed by atoms with Crippen molar-refractivity contribution in [2.24, 2.45) is 0 Å². The van der Waals surface area contributed by atoms with Gasteiger partial charge in [-0.1, -0.05) is 0 Å². The van der Waals surface area contributed by atoms with E-state index < -0.39 is 6.16 Å². The monoisotopic (exact) mass is 232 g/mol. The number of carboxylic acid groups (broad SMARTS) is 1. The van der Waals surface area contributed by atoms with Gasteiger partial charge in [0.25, 0.3) is 0 Å². The largest absolute Gasteiger partial charge is 2.00 e. The second-order valence-corrected chi connectivity index (χ2v) is 0.878. The van der Waals surface area contributed by atoms with E-state index in [1.165, 1.54) is 0 Å². The van der Waals surface area contributed by atoms with Crippen LogP contribution in [0.5, 0.6) is 0 Å². The molecule has 0 aromatic heterocycles. The van der Waals surface area contributed by atoms with Gasteiger partial charge in [0.1, 0.15) is 0 Å². The van der Waals surface area contributed by atoms with Gasteiger partial charge in [-0.25, -0.2) is 4.79 Å². The molecule has 0 atom stereocenters. The van der Waals surface area contributed by atoms with Crippen molar-refractivity contribution in [1.82, 2.24) is 0 Å². The maximum atomic E-state index is 9.18. The van der Waals surface area contributed by atoms with Crippen LogP contribution in [0.1, 0.15) is 2.85 Å². The predicted octanol–water partition coefficient (Wildman–Crippen LogP) is -1.19. The molecule has 0 rings (SSSR count). The van der Waals surface area contributed by atoms with E-state index >= 15 is 0 Å². The summed E-state index contributed by atoms with van der Waals surface area (Å²) in [5.74, 6) is 0. The normalized spacial score (nSPS) is 6.00. The third-order valence-corrected chi connectivity index (χ3v) is 0.524. The Morgan fingerprint density at radius 2 is 2.17 bits per heavy atom. The first-order valence-electron chi connectivity index (χ1n) is 1.04. The van der Waals surface area contributed by atoms with Crippen molar-refractivity contribution in [3.05, 3.63) is 0 Å². The fourth-order valence-electron chi connectivity index (χ4n) is 0. The number of hydrogen-bond acceptors (Lipinski definition) is 2. The number of carbonyl (C=O) groups is 1. The second kappa shape index (κ2) is 6.06. The first kappa shape index (κ1) is 10.1. The zero-order valence-corrected chi connectivity index (χ0v) is 9.91. The molecule has 0 radical (unpaired) electrons. The molecule has 0 fully saturated rings. The summed E-state index contributed by atoms with van der Waals surface area (Å²) >= 11 is 0. The molecule has 1 N–H and O–H groups in total. The van der Waals surface area contributed by atoms with Crippen molar-refractivity contribution in [2.45, 2.75) is 0 Å². The Bertz CT molecular complexity index is 52.5. The van der Waals surface area contributed by atoms with Crippen molar-refractivity contribution < 1.29 is 17.2 Å². The van der Waals surface area contributed by atoms with Crippen molar-refractivity contribution in [3.8, 4) is 0 Å². The minimum Gasteiger partial charge on any atom is -1.00 e. The molecule has 0 saturated carbocycles. The average Bonchev–Trinajstić information content (AvgIpc) is 1.38. The molecule has 34 valence electrons. The molecule has 0 amide bonds. The summed E-state index contributed by atoms with van der Waals surface area (Å²) in [7, 11) is 0.274. The van der Waals surface area contributed by atoms with Gasteiger partial charge in [0, 0.05) is 0 Å². The summed E-state index contributed by atoms with van der Waals surface area (Å²) < 4.78 is 3.81. The van der Waals surface area contributed by atoms with Gasteiger partial charge >= 0.3 is 55.0 Å². The van der Waals surface area contributed by atoms with Crippen LogP contribution in [0.4, 0.5) is 4.79 Å². The van der Waals surface area contributed by atoms with Crippen molar-refractivity contribution in [3.63, 3.8) is 0 Å². The van der Waals surface area contributed by atoms with Gasteiger partial charge in [0.2, 0.25) is 10.5 Å². The van der Waals surface area contributed by atoms with Crippen LogP contribution in [0.2, 0.25) is 0 Å². The standard InChI is InChI=1S/CH4O3Si.Ba.2H/c2-1(3)4-5;;;/h5H3,(H,2,3);;;/q;+2;2*-1. The molecule has 0 aliphatic rings. The molecule has 3 nitrogen and oxygen atoms in total. The van der Waals surface area contributed by atoms with E-state index in [9.17, 15) is 4.79 Å². The SMILES string of the molecule is O=C(O)O[SiH3].[Ba+2].[H-].[H-]. The van der Waals surface area contributed by atoms with Crippen LogP contribution in [0.25, 0.3) is 0 Å². The summed E-state index contributed by atoms with van der Waals surface area (Å²) in [5, 5.41) is 7.53. The zero-order valence-electron chi connectivity index (χ0n) is 5.47. The zero-order chi connectivity index (χ0) is 4.28. The average molecular weight is 231 g/mol. The molecule has 0 aliphatic heterocycles. The Morgan fingerprint density at radius 1 is 2.00 bits per heavy atom. The van der Waals surface area contributed by atoms with Gasteiger partial charge in [0.05, 0.1) is 0 Å². The fraction of sp³-hybridized carbons (Fsp3) is 0. The van der Waals surface area contributed by atoms with Gasteiger partial charge in [-0.3, -0.25) is 0 Å². The van der Waals surface area contributed by atoms with Gasteiger partial charge in [-0.05, 0) is 0 Å². The molecular formula is CH6BaO3Si. The van der Waals surface area contributed by atoms with Crippen LogP contribution in [0.3, 0.4) is 0 Å². The molecule has 0 spiro atoms. The smallest absolute Gasteiger partial charge is 1.00 e. The van der Waals surface area contributed by atoms with Crippen LogP contribution in [0, 0.1) is 0 Å². The van der Waals surface area contributed by atoms with E-state index in [2.05, 4.69) is 4.43 Å². The predicted molar refractivity (Wildman–Crippen MR) is 27.0 cm³/mol. The third-order valence-electron chi connectivity index (χ3n) is 0.175. The molecule has 0 bridgehead atoms. The van der Waals surface area contributed by atoms with Gasteiger partial charge in [-0.2, -0.15) is 0 Å². The summed E-state index contributed by atoms with van der Waals surface area (Å²) in [5.41, 5.74) is 0. The topological polar surface area (TPSA) is 46.5 Å². The molecule has 0 aromatic carbocycles. The molecule has 0 aliphatic carbocycles. The first-order valence-corrected chi connectivity index (χ1v) is 1.86. The summed E-state index contributed by atoms with van der Waals surface area (Å²) in [6.07, 6.45) is -1.18. The van der Waals surface area contributed by atoms with E-state index in [0.29, 0.717) is 0 Å². The van der Waals surface area contributed by atoms with Crippen LogP contribution in [0.15, 0.2) is 0 Å². The summed E-state index contributed by atoms with van der Waals surface area (Å²) in [6, 6.07) is 0. The van der Waals surface area contributed by atoms with Crippen LogP contribution < -0.4 is 0 Å². The first-order chi connectivity index (χ1) is 2.27.